The normalized spacial score (nSPS) is 14.7. The van der Waals surface area contributed by atoms with Gasteiger partial charge in [0.15, 0.2) is 0 Å². The fourth-order valence-corrected chi connectivity index (χ4v) is 3.96. The molecule has 0 aromatic heterocycles. The molecule has 0 saturated carbocycles. The van der Waals surface area contributed by atoms with Crippen LogP contribution in [0.15, 0.2) is 84.9 Å². The first-order chi connectivity index (χ1) is 14.3. The van der Waals surface area contributed by atoms with Crippen molar-refractivity contribution >= 4 is 17.1 Å². The molecule has 3 aromatic rings. The average Bonchev–Trinajstić information content (AvgIpc) is 2.79. The molecule has 0 bridgehead atoms. The largest absolute Gasteiger partial charge is 0.369 e. The Hall–Kier alpha value is -2.85. The van der Waals surface area contributed by atoms with Crippen LogP contribution in [0.5, 0.6) is 0 Å². The number of piperazine rings is 1. The summed E-state index contributed by atoms with van der Waals surface area (Å²) in [6.45, 7) is 6.17. The van der Waals surface area contributed by atoms with Gasteiger partial charge in [0, 0.05) is 49.8 Å². The summed E-state index contributed by atoms with van der Waals surface area (Å²) in [7, 11) is 0. The van der Waals surface area contributed by atoms with Crippen molar-refractivity contribution in [2.75, 3.05) is 49.1 Å². The molecule has 1 heterocycles. The highest BCUT2D eigenvalue weighted by Crippen LogP contribution is 2.25. The highest BCUT2D eigenvalue weighted by molar-refractivity contribution is 5.62. The summed E-state index contributed by atoms with van der Waals surface area (Å²) >= 11 is 0. The monoisotopic (exact) mass is 389 g/mol. The Morgan fingerprint density at radius 3 is 1.79 bits per heavy atom. The molecule has 1 saturated heterocycles. The zero-order valence-corrected chi connectivity index (χ0v) is 16.8. The summed E-state index contributed by atoms with van der Waals surface area (Å²) in [5, 5.41) is 0. The first-order valence-corrected chi connectivity index (χ1v) is 10.4. The molecule has 0 atom stereocenters. The van der Waals surface area contributed by atoms with Crippen LogP contribution < -0.4 is 9.80 Å². The second kappa shape index (κ2) is 9.57. The van der Waals surface area contributed by atoms with Gasteiger partial charge in [-0.15, -0.1) is 0 Å². The lowest BCUT2D eigenvalue weighted by Gasteiger charge is -2.36. The van der Waals surface area contributed by atoms with Gasteiger partial charge in [0.05, 0.1) is 0 Å². The maximum atomic E-state index is 13.1. The van der Waals surface area contributed by atoms with Crippen molar-refractivity contribution in [3.63, 3.8) is 0 Å². The van der Waals surface area contributed by atoms with E-state index in [9.17, 15) is 4.39 Å². The molecule has 29 heavy (non-hydrogen) atoms. The zero-order chi connectivity index (χ0) is 19.9. The minimum absolute atomic E-state index is 0.172. The summed E-state index contributed by atoms with van der Waals surface area (Å²) in [5.74, 6) is -0.172. The lowest BCUT2D eigenvalue weighted by Crippen LogP contribution is -2.47. The molecule has 1 aliphatic rings. The standard InChI is InChI=1S/C25H28FN3/c26-22-12-14-23(15-13-22)28-20-18-27(19-21-28)16-7-17-29(24-8-3-1-4-9-24)25-10-5-2-6-11-25/h1-6,8-15H,7,16-21H2. The highest BCUT2D eigenvalue weighted by Gasteiger charge is 2.17. The maximum Gasteiger partial charge on any atom is 0.123 e. The van der Waals surface area contributed by atoms with E-state index in [4.69, 9.17) is 0 Å². The number of benzene rings is 3. The van der Waals surface area contributed by atoms with Gasteiger partial charge < -0.3 is 9.80 Å². The number of halogens is 1. The van der Waals surface area contributed by atoms with E-state index < -0.39 is 0 Å². The molecular formula is C25H28FN3. The molecule has 3 nitrogen and oxygen atoms in total. The van der Waals surface area contributed by atoms with Gasteiger partial charge in [-0.3, -0.25) is 4.90 Å². The predicted octanol–water partition coefficient (Wildman–Crippen LogP) is 5.18. The van der Waals surface area contributed by atoms with Crippen molar-refractivity contribution in [1.29, 1.82) is 0 Å². The topological polar surface area (TPSA) is 9.72 Å². The van der Waals surface area contributed by atoms with E-state index in [0.717, 1.165) is 51.4 Å². The van der Waals surface area contributed by atoms with Gasteiger partial charge in [-0.1, -0.05) is 36.4 Å². The number of hydrogen-bond donors (Lipinski definition) is 0. The first kappa shape index (κ1) is 19.5. The molecule has 3 aromatic carbocycles. The van der Waals surface area contributed by atoms with Gasteiger partial charge in [-0.2, -0.15) is 0 Å². The van der Waals surface area contributed by atoms with Gasteiger partial charge in [0.25, 0.3) is 0 Å². The number of nitrogens with zero attached hydrogens (tertiary/aromatic N) is 3. The Bertz CT molecular complexity index is 820. The molecule has 0 unspecified atom stereocenters. The van der Waals surface area contributed by atoms with Crippen LogP contribution in [0.25, 0.3) is 0 Å². The smallest absolute Gasteiger partial charge is 0.123 e. The molecule has 4 rings (SSSR count). The van der Waals surface area contributed by atoms with E-state index in [1.165, 1.54) is 11.4 Å². The minimum Gasteiger partial charge on any atom is -0.369 e. The molecule has 0 spiro atoms. The Labute approximate surface area is 173 Å². The number of rotatable bonds is 7. The van der Waals surface area contributed by atoms with Gasteiger partial charge in [0.1, 0.15) is 5.82 Å². The van der Waals surface area contributed by atoms with Crippen LogP contribution in [-0.2, 0) is 0 Å². The molecule has 150 valence electrons. The fourth-order valence-electron chi connectivity index (χ4n) is 3.96. The molecular weight excluding hydrogens is 361 g/mol. The zero-order valence-electron chi connectivity index (χ0n) is 16.8. The third-order valence-electron chi connectivity index (χ3n) is 5.56. The highest BCUT2D eigenvalue weighted by atomic mass is 19.1. The third-order valence-corrected chi connectivity index (χ3v) is 5.56. The summed E-state index contributed by atoms with van der Waals surface area (Å²) in [6.07, 6.45) is 1.11. The second-order valence-electron chi connectivity index (χ2n) is 7.48. The van der Waals surface area contributed by atoms with Crippen LogP contribution in [0.3, 0.4) is 0 Å². The Morgan fingerprint density at radius 2 is 1.24 bits per heavy atom. The Balaban J connectivity index is 1.30. The average molecular weight is 390 g/mol. The van der Waals surface area contributed by atoms with Crippen LogP contribution in [-0.4, -0.2) is 44.2 Å². The van der Waals surface area contributed by atoms with Crippen molar-refractivity contribution in [2.45, 2.75) is 6.42 Å². The molecule has 0 N–H and O–H groups in total. The quantitative estimate of drug-likeness (QED) is 0.551. The van der Waals surface area contributed by atoms with Gasteiger partial charge in [-0.25, -0.2) is 4.39 Å². The van der Waals surface area contributed by atoms with E-state index in [-0.39, 0.29) is 5.82 Å². The van der Waals surface area contributed by atoms with E-state index in [1.54, 1.807) is 12.1 Å². The first-order valence-electron chi connectivity index (χ1n) is 10.4. The number of anilines is 3. The van der Waals surface area contributed by atoms with Gasteiger partial charge >= 0.3 is 0 Å². The number of hydrogen-bond acceptors (Lipinski definition) is 3. The predicted molar refractivity (Wildman–Crippen MR) is 120 cm³/mol. The van der Waals surface area contributed by atoms with Crippen LogP contribution in [0.1, 0.15) is 6.42 Å². The van der Waals surface area contributed by atoms with Crippen molar-refractivity contribution in [1.82, 2.24) is 4.90 Å². The van der Waals surface area contributed by atoms with E-state index in [0.29, 0.717) is 0 Å². The van der Waals surface area contributed by atoms with E-state index in [1.807, 2.05) is 12.1 Å². The Morgan fingerprint density at radius 1 is 0.690 bits per heavy atom. The van der Waals surface area contributed by atoms with Gasteiger partial charge in [-0.05, 0) is 61.5 Å². The van der Waals surface area contributed by atoms with E-state index in [2.05, 4.69) is 75.4 Å². The molecule has 4 heteroatoms. The molecule has 1 aliphatic heterocycles. The second-order valence-corrected chi connectivity index (χ2v) is 7.48. The maximum absolute atomic E-state index is 13.1. The molecule has 1 fully saturated rings. The van der Waals surface area contributed by atoms with Crippen molar-refractivity contribution in [3.8, 4) is 0 Å². The van der Waals surface area contributed by atoms with Crippen molar-refractivity contribution in [3.05, 3.63) is 90.7 Å². The lowest BCUT2D eigenvalue weighted by atomic mass is 10.2. The van der Waals surface area contributed by atoms with Crippen LogP contribution >= 0.6 is 0 Å². The van der Waals surface area contributed by atoms with Crippen LogP contribution in [0.2, 0.25) is 0 Å². The van der Waals surface area contributed by atoms with Crippen molar-refractivity contribution in [2.24, 2.45) is 0 Å². The molecule has 0 aliphatic carbocycles. The lowest BCUT2D eigenvalue weighted by molar-refractivity contribution is 0.256. The molecule has 0 radical (unpaired) electrons. The molecule has 0 amide bonds. The van der Waals surface area contributed by atoms with Gasteiger partial charge in [0.2, 0.25) is 0 Å². The number of para-hydroxylation sites is 2. The summed E-state index contributed by atoms with van der Waals surface area (Å²) in [4.78, 5) is 7.28. The van der Waals surface area contributed by atoms with Crippen molar-refractivity contribution < 1.29 is 4.39 Å². The minimum atomic E-state index is -0.172. The van der Waals surface area contributed by atoms with Crippen LogP contribution in [0, 0.1) is 5.82 Å². The summed E-state index contributed by atoms with van der Waals surface area (Å²) in [5.41, 5.74) is 3.59. The Kier molecular flexibility index (Phi) is 6.42. The summed E-state index contributed by atoms with van der Waals surface area (Å²) in [6, 6.07) is 28.1. The fraction of sp³-hybridized carbons (Fsp3) is 0.280. The third kappa shape index (κ3) is 5.15. The van der Waals surface area contributed by atoms with Crippen LogP contribution in [0.4, 0.5) is 21.5 Å². The van der Waals surface area contributed by atoms with E-state index >= 15 is 0 Å². The SMILES string of the molecule is Fc1ccc(N2CCN(CCCN(c3ccccc3)c3ccccc3)CC2)cc1. The summed E-state index contributed by atoms with van der Waals surface area (Å²) < 4.78 is 13.1.